The third-order valence-corrected chi connectivity index (χ3v) is 2.42. The highest BCUT2D eigenvalue weighted by Crippen LogP contribution is 2.07. The molecule has 86 valence electrons. The van der Waals surface area contributed by atoms with E-state index in [1.54, 1.807) is 6.92 Å². The highest BCUT2D eigenvalue weighted by atomic mass is 35.5. The van der Waals surface area contributed by atoms with Crippen LogP contribution in [0.1, 0.15) is 12.5 Å². The van der Waals surface area contributed by atoms with Crippen LogP contribution < -0.4 is 0 Å². The molecule has 0 fully saturated rings. The van der Waals surface area contributed by atoms with Crippen molar-refractivity contribution in [3.05, 3.63) is 35.9 Å². The van der Waals surface area contributed by atoms with Crippen LogP contribution in [0.15, 0.2) is 30.3 Å². The summed E-state index contributed by atoms with van der Waals surface area (Å²) in [6, 6.07) is 9.14. The lowest BCUT2D eigenvalue weighted by atomic mass is 10.1. The highest BCUT2D eigenvalue weighted by Gasteiger charge is 2.24. The number of carbonyl (C=O) groups excluding carboxylic acids is 2. The number of carbonyl (C=O) groups is 2. The molecule has 0 amide bonds. The van der Waals surface area contributed by atoms with Crippen molar-refractivity contribution in [2.75, 3.05) is 6.61 Å². The molecule has 0 heterocycles. The molecule has 0 saturated carbocycles. The largest absolute Gasteiger partial charge is 0.465 e. The van der Waals surface area contributed by atoms with E-state index in [2.05, 4.69) is 4.74 Å². The molecule has 1 rings (SSSR count). The Morgan fingerprint density at radius 2 is 1.94 bits per heavy atom. The van der Waals surface area contributed by atoms with Gasteiger partial charge in [0.15, 0.2) is 11.2 Å². The van der Waals surface area contributed by atoms with E-state index in [-0.39, 0.29) is 18.8 Å². The van der Waals surface area contributed by atoms with Gasteiger partial charge in [-0.25, -0.2) is 4.79 Å². The van der Waals surface area contributed by atoms with Crippen LogP contribution in [-0.2, 0) is 20.7 Å². The number of hydrogen-bond donors (Lipinski definition) is 0. The van der Waals surface area contributed by atoms with Gasteiger partial charge in [-0.15, -0.1) is 11.6 Å². The molecule has 1 aromatic rings. The minimum atomic E-state index is -1.21. The molecule has 1 atom stereocenters. The van der Waals surface area contributed by atoms with Crippen molar-refractivity contribution in [1.82, 2.24) is 0 Å². The Morgan fingerprint density at radius 1 is 1.31 bits per heavy atom. The molecule has 3 nitrogen and oxygen atoms in total. The minimum Gasteiger partial charge on any atom is -0.465 e. The lowest BCUT2D eigenvalue weighted by Gasteiger charge is -2.07. The van der Waals surface area contributed by atoms with E-state index in [9.17, 15) is 9.59 Å². The first kappa shape index (κ1) is 12.7. The number of ketones is 1. The molecule has 1 unspecified atom stereocenters. The van der Waals surface area contributed by atoms with Gasteiger partial charge in [-0.3, -0.25) is 4.79 Å². The molecule has 4 heteroatoms. The number of benzene rings is 1. The van der Waals surface area contributed by atoms with Gasteiger partial charge in [0.25, 0.3) is 0 Å². The quantitative estimate of drug-likeness (QED) is 0.449. The maximum atomic E-state index is 11.6. The van der Waals surface area contributed by atoms with Crippen LogP contribution in [0.3, 0.4) is 0 Å². The summed E-state index contributed by atoms with van der Waals surface area (Å²) < 4.78 is 4.67. The second-order valence-electron chi connectivity index (χ2n) is 3.24. The van der Waals surface area contributed by atoms with Crippen molar-refractivity contribution in [2.45, 2.75) is 18.7 Å². The van der Waals surface area contributed by atoms with Crippen molar-refractivity contribution in [3.63, 3.8) is 0 Å². The lowest BCUT2D eigenvalue weighted by Crippen LogP contribution is -2.28. The van der Waals surface area contributed by atoms with E-state index in [0.29, 0.717) is 0 Å². The maximum absolute atomic E-state index is 11.6. The summed E-state index contributed by atoms with van der Waals surface area (Å²) in [7, 11) is 0. The van der Waals surface area contributed by atoms with Crippen LogP contribution in [-0.4, -0.2) is 23.7 Å². The van der Waals surface area contributed by atoms with Crippen LogP contribution in [0, 0.1) is 0 Å². The fourth-order valence-electron chi connectivity index (χ4n) is 1.23. The Kier molecular flexibility index (Phi) is 4.99. The SMILES string of the molecule is CCOC(=O)C(Cl)C(=O)Cc1ccccc1. The van der Waals surface area contributed by atoms with Gasteiger partial charge in [0.1, 0.15) is 0 Å². The smallest absolute Gasteiger partial charge is 0.331 e. The second-order valence-corrected chi connectivity index (χ2v) is 3.68. The Morgan fingerprint density at radius 3 is 2.50 bits per heavy atom. The summed E-state index contributed by atoms with van der Waals surface area (Å²) in [5.41, 5.74) is 0.836. The van der Waals surface area contributed by atoms with Gasteiger partial charge in [-0.05, 0) is 12.5 Å². The van der Waals surface area contributed by atoms with Gasteiger partial charge in [0.2, 0.25) is 0 Å². The molecule has 0 aliphatic heterocycles. The van der Waals surface area contributed by atoms with Gasteiger partial charge < -0.3 is 4.74 Å². The summed E-state index contributed by atoms with van der Waals surface area (Å²) in [6.45, 7) is 1.89. The Hall–Kier alpha value is -1.35. The average Bonchev–Trinajstić information content (AvgIpc) is 2.29. The molecule has 0 radical (unpaired) electrons. The van der Waals surface area contributed by atoms with E-state index in [0.717, 1.165) is 5.56 Å². The highest BCUT2D eigenvalue weighted by molar-refractivity contribution is 6.41. The van der Waals surface area contributed by atoms with Crippen molar-refractivity contribution in [1.29, 1.82) is 0 Å². The number of rotatable bonds is 5. The standard InChI is InChI=1S/C12H13ClO3/c1-2-16-12(15)11(13)10(14)8-9-6-4-3-5-7-9/h3-7,11H,2,8H2,1H3. The summed E-state index contributed by atoms with van der Waals surface area (Å²) in [5, 5.41) is -1.21. The fourth-order valence-corrected chi connectivity index (χ4v) is 1.37. The zero-order valence-corrected chi connectivity index (χ0v) is 9.74. The lowest BCUT2D eigenvalue weighted by molar-refractivity contribution is -0.144. The van der Waals surface area contributed by atoms with E-state index < -0.39 is 11.3 Å². The van der Waals surface area contributed by atoms with Crippen molar-refractivity contribution in [3.8, 4) is 0 Å². The monoisotopic (exact) mass is 240 g/mol. The molecule has 16 heavy (non-hydrogen) atoms. The number of hydrogen-bond acceptors (Lipinski definition) is 3. The Labute approximate surface area is 99.4 Å². The van der Waals surface area contributed by atoms with Crippen molar-refractivity contribution < 1.29 is 14.3 Å². The first-order valence-corrected chi connectivity index (χ1v) is 5.46. The van der Waals surface area contributed by atoms with Gasteiger partial charge in [-0.1, -0.05) is 30.3 Å². The normalized spacial score (nSPS) is 11.9. The van der Waals surface area contributed by atoms with Crippen LogP contribution in [0.25, 0.3) is 0 Å². The summed E-state index contributed by atoms with van der Waals surface area (Å²) >= 11 is 5.69. The first-order chi connectivity index (χ1) is 7.65. The van der Waals surface area contributed by atoms with Crippen molar-refractivity contribution in [2.24, 2.45) is 0 Å². The van der Waals surface area contributed by atoms with E-state index in [1.165, 1.54) is 0 Å². The zero-order valence-electron chi connectivity index (χ0n) is 8.98. The summed E-state index contributed by atoms with van der Waals surface area (Å²) in [5.74, 6) is -1.02. The van der Waals surface area contributed by atoms with E-state index >= 15 is 0 Å². The van der Waals surface area contributed by atoms with E-state index in [4.69, 9.17) is 11.6 Å². The molecular weight excluding hydrogens is 228 g/mol. The molecule has 0 N–H and O–H groups in total. The third-order valence-electron chi connectivity index (χ3n) is 2.00. The molecule has 0 spiro atoms. The summed E-state index contributed by atoms with van der Waals surface area (Å²) in [6.07, 6.45) is 0.147. The zero-order chi connectivity index (χ0) is 12.0. The number of halogens is 1. The summed E-state index contributed by atoms with van der Waals surface area (Å²) in [4.78, 5) is 22.8. The predicted molar refractivity (Wildman–Crippen MR) is 61.4 cm³/mol. The van der Waals surface area contributed by atoms with Crippen LogP contribution in [0.5, 0.6) is 0 Å². The Balaban J connectivity index is 2.56. The topological polar surface area (TPSA) is 43.4 Å². The molecule has 0 aromatic heterocycles. The van der Waals surface area contributed by atoms with Gasteiger partial charge >= 0.3 is 5.97 Å². The molecule has 0 aliphatic carbocycles. The average molecular weight is 241 g/mol. The third kappa shape index (κ3) is 3.66. The number of ether oxygens (including phenoxy) is 1. The second kappa shape index (κ2) is 6.28. The van der Waals surface area contributed by atoms with Gasteiger partial charge in [0, 0.05) is 6.42 Å². The minimum absolute atomic E-state index is 0.147. The molecule has 1 aromatic carbocycles. The molecule has 0 saturated heterocycles. The van der Waals surface area contributed by atoms with Gasteiger partial charge in [-0.2, -0.15) is 0 Å². The fraction of sp³-hybridized carbons (Fsp3) is 0.333. The molecular formula is C12H13ClO3. The van der Waals surface area contributed by atoms with Crippen molar-refractivity contribution >= 4 is 23.4 Å². The molecule has 0 bridgehead atoms. The number of esters is 1. The van der Waals surface area contributed by atoms with Crippen LogP contribution in [0.4, 0.5) is 0 Å². The van der Waals surface area contributed by atoms with E-state index in [1.807, 2.05) is 30.3 Å². The van der Waals surface area contributed by atoms with Crippen LogP contribution in [0.2, 0.25) is 0 Å². The number of Topliss-reactive ketones (excluding diaryl/α,β-unsaturated/α-hetero) is 1. The molecule has 0 aliphatic rings. The number of alkyl halides is 1. The first-order valence-electron chi connectivity index (χ1n) is 5.02. The van der Waals surface area contributed by atoms with Crippen LogP contribution >= 0.6 is 11.6 Å². The predicted octanol–water partition coefficient (Wildman–Crippen LogP) is 1.97. The van der Waals surface area contributed by atoms with Gasteiger partial charge in [0.05, 0.1) is 6.61 Å². The maximum Gasteiger partial charge on any atom is 0.331 e. The Bertz CT molecular complexity index is 362.